The van der Waals surface area contributed by atoms with Crippen molar-refractivity contribution in [2.45, 2.75) is 13.0 Å². The highest BCUT2D eigenvalue weighted by Gasteiger charge is 2.13. The minimum atomic E-state index is -4.20. The Hall–Kier alpha value is -2.50. The lowest BCUT2D eigenvalue weighted by molar-refractivity contribution is -0.673. The van der Waals surface area contributed by atoms with Crippen LogP contribution in [0.2, 0.25) is 0 Å². The molecule has 0 N–H and O–H groups in total. The van der Waals surface area contributed by atoms with E-state index in [1.54, 1.807) is 0 Å². The Morgan fingerprint density at radius 1 is 0.880 bits per heavy atom. The van der Waals surface area contributed by atoms with Crippen molar-refractivity contribution < 1.29 is 17.5 Å². The van der Waals surface area contributed by atoms with E-state index in [1.807, 2.05) is 78.9 Å². The summed E-state index contributed by atoms with van der Waals surface area (Å²) in [5.74, 6) is -0.356. The van der Waals surface area contributed by atoms with Gasteiger partial charge >= 0.3 is 0 Å². The molecule has 0 bridgehead atoms. The first kappa shape index (κ1) is 17.3. The minimum Gasteiger partial charge on any atom is -0.748 e. The van der Waals surface area contributed by atoms with Crippen LogP contribution in [-0.2, 0) is 16.7 Å². The van der Waals surface area contributed by atoms with Crippen molar-refractivity contribution in [1.82, 2.24) is 0 Å². The van der Waals surface area contributed by atoms with Gasteiger partial charge in [0, 0.05) is 35.8 Å². The largest absolute Gasteiger partial charge is 0.748 e. The second-order valence-electron chi connectivity index (χ2n) is 5.83. The normalized spacial score (nSPS) is 12.0. The lowest BCUT2D eigenvalue weighted by Crippen LogP contribution is -2.38. The first-order valence-corrected chi connectivity index (χ1v) is 9.69. The van der Waals surface area contributed by atoms with Crippen molar-refractivity contribution >= 4 is 33.2 Å². The van der Waals surface area contributed by atoms with Gasteiger partial charge in [0.25, 0.3) is 0 Å². The van der Waals surface area contributed by atoms with Crippen molar-refractivity contribution in [2.75, 3.05) is 5.75 Å². The zero-order valence-corrected chi connectivity index (χ0v) is 14.5. The Labute approximate surface area is 147 Å². The van der Waals surface area contributed by atoms with Crippen LogP contribution in [0.1, 0.15) is 17.7 Å². The van der Waals surface area contributed by atoms with Crippen LogP contribution < -0.4 is 4.57 Å². The standard InChI is InChI=1S/C20H19NO3S/c22-25(23,24)16-6-15-21-19(13-11-17-7-2-1-3-8-17)14-12-18-9-4-5-10-20(18)21/h1-5,7-14H,6,15-16H2/b13-11-. The van der Waals surface area contributed by atoms with Gasteiger partial charge in [0.15, 0.2) is 6.54 Å². The third-order valence-corrected chi connectivity index (χ3v) is 4.78. The summed E-state index contributed by atoms with van der Waals surface area (Å²) in [6.45, 7) is 0.470. The van der Waals surface area contributed by atoms with E-state index in [0.717, 1.165) is 22.2 Å². The molecule has 0 aliphatic heterocycles. The zero-order valence-electron chi connectivity index (χ0n) is 13.7. The van der Waals surface area contributed by atoms with Gasteiger partial charge in [0.05, 0.1) is 10.1 Å². The molecular weight excluding hydrogens is 334 g/mol. The second-order valence-corrected chi connectivity index (χ2v) is 7.35. The average molecular weight is 353 g/mol. The van der Waals surface area contributed by atoms with Gasteiger partial charge in [-0.25, -0.2) is 8.42 Å². The number of nitrogens with zero attached hydrogens (tertiary/aromatic N) is 1. The van der Waals surface area contributed by atoms with E-state index >= 15 is 0 Å². The van der Waals surface area contributed by atoms with Crippen LogP contribution in [0, 0.1) is 0 Å². The van der Waals surface area contributed by atoms with E-state index in [-0.39, 0.29) is 12.2 Å². The Bertz CT molecular complexity index is 996. The number of aromatic nitrogens is 1. The fraction of sp³-hybridized carbons (Fsp3) is 0.150. The summed E-state index contributed by atoms with van der Waals surface area (Å²) >= 11 is 0. The van der Waals surface area contributed by atoms with Gasteiger partial charge in [0.1, 0.15) is 0 Å². The average Bonchev–Trinajstić information content (AvgIpc) is 2.60. The number of para-hydroxylation sites is 1. The highest BCUT2D eigenvalue weighted by Crippen LogP contribution is 2.13. The molecule has 0 saturated heterocycles. The molecule has 0 aliphatic carbocycles. The quantitative estimate of drug-likeness (QED) is 0.505. The molecule has 0 fully saturated rings. The van der Waals surface area contributed by atoms with E-state index < -0.39 is 10.1 Å². The molecule has 0 saturated carbocycles. The summed E-state index contributed by atoms with van der Waals surface area (Å²) in [4.78, 5) is 0. The summed E-state index contributed by atoms with van der Waals surface area (Å²) in [6, 6.07) is 22.0. The number of fused-ring (bicyclic) bond motifs is 1. The lowest BCUT2D eigenvalue weighted by Gasteiger charge is -2.07. The molecule has 0 spiro atoms. The molecule has 0 atom stereocenters. The third-order valence-electron chi connectivity index (χ3n) is 4.00. The molecule has 25 heavy (non-hydrogen) atoms. The molecule has 1 aromatic heterocycles. The van der Waals surface area contributed by atoms with Gasteiger partial charge in [-0.2, -0.15) is 4.57 Å². The van der Waals surface area contributed by atoms with Crippen LogP contribution >= 0.6 is 0 Å². The van der Waals surface area contributed by atoms with Gasteiger partial charge in [0.2, 0.25) is 11.2 Å². The highest BCUT2D eigenvalue weighted by atomic mass is 32.2. The summed E-state index contributed by atoms with van der Waals surface area (Å²) in [7, 11) is -4.20. The van der Waals surface area contributed by atoms with Crippen LogP contribution in [0.4, 0.5) is 0 Å². The molecule has 2 aromatic carbocycles. The number of benzene rings is 2. The maximum Gasteiger partial charge on any atom is 0.212 e. The molecule has 0 unspecified atom stereocenters. The first-order valence-electron chi connectivity index (χ1n) is 8.11. The van der Waals surface area contributed by atoms with E-state index in [9.17, 15) is 13.0 Å². The van der Waals surface area contributed by atoms with Gasteiger partial charge in [-0.3, -0.25) is 0 Å². The van der Waals surface area contributed by atoms with Crippen LogP contribution in [-0.4, -0.2) is 18.7 Å². The first-order chi connectivity index (χ1) is 12.0. The van der Waals surface area contributed by atoms with Crippen molar-refractivity contribution in [3.8, 4) is 0 Å². The Balaban J connectivity index is 1.96. The monoisotopic (exact) mass is 353 g/mol. The predicted molar refractivity (Wildman–Crippen MR) is 98.7 cm³/mol. The number of pyridine rings is 1. The number of aryl methyl sites for hydroxylation is 1. The number of hydrogen-bond donors (Lipinski definition) is 0. The zero-order chi connectivity index (χ0) is 17.7. The Morgan fingerprint density at radius 3 is 2.36 bits per heavy atom. The molecule has 3 aromatic rings. The Kier molecular flexibility index (Phi) is 5.26. The van der Waals surface area contributed by atoms with Crippen LogP contribution in [0.15, 0.2) is 66.7 Å². The summed E-state index contributed by atoms with van der Waals surface area (Å²) in [5.41, 5.74) is 3.07. The molecule has 0 amide bonds. The molecule has 1 heterocycles. The van der Waals surface area contributed by atoms with Crippen LogP contribution in [0.5, 0.6) is 0 Å². The van der Waals surface area contributed by atoms with Crippen LogP contribution in [0.3, 0.4) is 0 Å². The summed E-state index contributed by atoms with van der Waals surface area (Å²) < 4.78 is 34.8. The molecule has 4 nitrogen and oxygen atoms in total. The fourth-order valence-corrected chi connectivity index (χ4v) is 3.30. The Morgan fingerprint density at radius 2 is 1.60 bits per heavy atom. The molecule has 128 valence electrons. The molecule has 0 aliphatic rings. The van der Waals surface area contributed by atoms with E-state index in [2.05, 4.69) is 4.57 Å². The fourth-order valence-electron chi connectivity index (χ4n) is 2.82. The van der Waals surface area contributed by atoms with Crippen molar-refractivity contribution in [2.24, 2.45) is 0 Å². The minimum absolute atomic E-state index is 0.288. The third kappa shape index (κ3) is 4.75. The van der Waals surface area contributed by atoms with Crippen molar-refractivity contribution in [3.05, 3.63) is 78.0 Å². The van der Waals surface area contributed by atoms with E-state index in [0.29, 0.717) is 6.54 Å². The topological polar surface area (TPSA) is 61.1 Å². The van der Waals surface area contributed by atoms with E-state index in [1.165, 1.54) is 0 Å². The van der Waals surface area contributed by atoms with Gasteiger partial charge < -0.3 is 4.55 Å². The number of rotatable bonds is 6. The molecular formula is C20H19NO3S. The van der Waals surface area contributed by atoms with Crippen molar-refractivity contribution in [3.63, 3.8) is 0 Å². The van der Waals surface area contributed by atoms with Gasteiger partial charge in [-0.15, -0.1) is 0 Å². The smallest absolute Gasteiger partial charge is 0.212 e. The maximum absolute atomic E-state index is 10.9. The highest BCUT2D eigenvalue weighted by molar-refractivity contribution is 7.85. The SMILES string of the molecule is O=S(=O)([O-])CCC[n+]1c(/C=C\c2ccccc2)ccc2ccccc21. The summed E-state index contributed by atoms with van der Waals surface area (Å²) in [5, 5.41) is 1.07. The molecule has 0 radical (unpaired) electrons. The van der Waals surface area contributed by atoms with Gasteiger partial charge in [-0.05, 0) is 23.8 Å². The maximum atomic E-state index is 10.9. The molecule has 3 rings (SSSR count). The van der Waals surface area contributed by atoms with Crippen molar-refractivity contribution in [1.29, 1.82) is 0 Å². The van der Waals surface area contributed by atoms with E-state index in [4.69, 9.17) is 0 Å². The van der Waals surface area contributed by atoms with Gasteiger partial charge in [-0.1, -0.05) is 42.5 Å². The number of hydrogen-bond acceptors (Lipinski definition) is 3. The summed E-state index contributed by atoms with van der Waals surface area (Å²) in [6.07, 6.45) is 4.31. The predicted octanol–water partition coefficient (Wildman–Crippen LogP) is 3.23. The lowest BCUT2D eigenvalue weighted by atomic mass is 10.1. The second kappa shape index (κ2) is 7.59. The molecule has 5 heteroatoms. The van der Waals surface area contributed by atoms with Crippen LogP contribution in [0.25, 0.3) is 23.1 Å².